The second-order valence-electron chi connectivity index (χ2n) is 6.79. The number of alkyl halides is 3. The molecule has 0 spiro atoms. The number of halogens is 3. The number of rotatable bonds is 5. The fourth-order valence-corrected chi connectivity index (χ4v) is 3.11. The van der Waals surface area contributed by atoms with Gasteiger partial charge in [-0.1, -0.05) is 13.8 Å². The Morgan fingerprint density at radius 1 is 1.28 bits per heavy atom. The van der Waals surface area contributed by atoms with Gasteiger partial charge >= 0.3 is 6.18 Å². The molecule has 1 aliphatic heterocycles. The summed E-state index contributed by atoms with van der Waals surface area (Å²) >= 11 is 4.31. The van der Waals surface area contributed by atoms with E-state index in [4.69, 9.17) is 9.47 Å². The summed E-state index contributed by atoms with van der Waals surface area (Å²) in [5, 5.41) is 10.6. The lowest BCUT2D eigenvalue weighted by molar-refractivity contribution is -0.162. The van der Waals surface area contributed by atoms with E-state index in [9.17, 15) is 18.4 Å². The first-order chi connectivity index (χ1) is 11.6. The summed E-state index contributed by atoms with van der Waals surface area (Å²) in [6.45, 7) is 5.95. The third-order valence-electron chi connectivity index (χ3n) is 3.97. The summed E-state index contributed by atoms with van der Waals surface area (Å²) < 4.78 is 50.3. The van der Waals surface area contributed by atoms with Gasteiger partial charge in [-0.3, -0.25) is 0 Å². The molecular weight excluding hydrogens is 355 g/mol. The highest BCUT2D eigenvalue weighted by Crippen LogP contribution is 2.38. The largest absolute Gasteiger partial charge is 0.489 e. The summed E-state index contributed by atoms with van der Waals surface area (Å²) in [6.07, 6.45) is -3.71. The Labute approximate surface area is 151 Å². The zero-order valence-electron chi connectivity index (χ0n) is 14.5. The van der Waals surface area contributed by atoms with Gasteiger partial charge in [0, 0.05) is 18.9 Å². The minimum absolute atomic E-state index is 0.0818. The van der Waals surface area contributed by atoms with Crippen molar-refractivity contribution in [3.8, 4) is 11.5 Å². The van der Waals surface area contributed by atoms with Gasteiger partial charge in [0.25, 0.3) is 0 Å². The third kappa shape index (κ3) is 5.43. The third-order valence-corrected chi connectivity index (χ3v) is 4.42. The second kappa shape index (κ2) is 8.05. The highest BCUT2D eigenvalue weighted by molar-refractivity contribution is 7.80. The first-order valence-corrected chi connectivity index (χ1v) is 8.75. The summed E-state index contributed by atoms with van der Waals surface area (Å²) in [7, 11) is 0. The van der Waals surface area contributed by atoms with Gasteiger partial charge in [0.15, 0.2) is 11.5 Å². The lowest BCUT2D eigenvalue weighted by Gasteiger charge is -2.37. The number of piperidine rings is 1. The van der Waals surface area contributed by atoms with Gasteiger partial charge in [0.1, 0.15) is 6.10 Å². The van der Waals surface area contributed by atoms with Crippen molar-refractivity contribution in [1.29, 1.82) is 0 Å². The van der Waals surface area contributed by atoms with E-state index in [1.54, 1.807) is 0 Å². The molecule has 1 aromatic carbocycles. The van der Waals surface area contributed by atoms with Crippen LogP contribution < -0.4 is 9.47 Å². The van der Waals surface area contributed by atoms with Crippen LogP contribution in [-0.4, -0.2) is 34.4 Å². The predicted octanol–water partition coefficient (Wildman–Crippen LogP) is 4.62. The molecule has 1 fully saturated rings. The molecule has 0 unspecified atom stereocenters. The van der Waals surface area contributed by atoms with Gasteiger partial charge in [0.2, 0.25) is 0 Å². The number of ether oxygens (including phenoxy) is 2. The van der Waals surface area contributed by atoms with Crippen LogP contribution >= 0.6 is 12.6 Å². The minimum Gasteiger partial charge on any atom is -0.489 e. The van der Waals surface area contributed by atoms with E-state index in [0.717, 1.165) is 17.2 Å². The highest BCUT2D eigenvalue weighted by Gasteiger charge is 2.34. The smallest absolute Gasteiger partial charge is 0.416 e. The van der Waals surface area contributed by atoms with E-state index in [0.29, 0.717) is 19.4 Å². The van der Waals surface area contributed by atoms with Gasteiger partial charge in [-0.25, -0.2) is 0 Å². The molecule has 1 heterocycles. The number of benzene rings is 1. The average molecular weight is 379 g/mol. The molecule has 142 valence electrons. The maximum absolute atomic E-state index is 13.0. The quantitative estimate of drug-likeness (QED) is 0.733. The summed E-state index contributed by atoms with van der Waals surface area (Å²) in [5.41, 5.74) is -0.774. The molecule has 2 rings (SSSR count). The van der Waals surface area contributed by atoms with Crippen LogP contribution in [0.25, 0.3) is 0 Å². The number of hydroxylamine groups is 2. The maximum Gasteiger partial charge on any atom is 0.416 e. The van der Waals surface area contributed by atoms with E-state index in [-0.39, 0.29) is 34.9 Å². The zero-order valence-corrected chi connectivity index (χ0v) is 15.3. The molecule has 1 aliphatic rings. The first-order valence-electron chi connectivity index (χ1n) is 8.24. The second-order valence-corrected chi connectivity index (χ2v) is 7.38. The molecule has 3 atom stereocenters. The van der Waals surface area contributed by atoms with Crippen molar-refractivity contribution in [3.05, 3.63) is 23.8 Å². The molecule has 1 aromatic rings. The monoisotopic (exact) mass is 379 g/mol. The van der Waals surface area contributed by atoms with Gasteiger partial charge in [-0.2, -0.15) is 30.9 Å². The molecule has 4 nitrogen and oxygen atoms in total. The number of nitrogens with zero attached hydrogens (tertiary/aromatic N) is 1. The molecule has 0 amide bonds. The van der Waals surface area contributed by atoms with Crippen LogP contribution in [0.15, 0.2) is 18.2 Å². The summed E-state index contributed by atoms with van der Waals surface area (Å²) in [4.78, 5) is 0. The van der Waals surface area contributed by atoms with Crippen LogP contribution in [0.3, 0.4) is 0 Å². The van der Waals surface area contributed by atoms with Crippen molar-refractivity contribution in [2.24, 2.45) is 5.92 Å². The molecule has 25 heavy (non-hydrogen) atoms. The molecule has 1 saturated heterocycles. The van der Waals surface area contributed by atoms with Gasteiger partial charge < -0.3 is 14.7 Å². The van der Waals surface area contributed by atoms with Crippen LogP contribution in [-0.2, 0) is 6.18 Å². The SMILES string of the molecule is CC(C)COc1cc(C(F)(F)F)ccc1O[C@H]1C[C@@H](S)N(O)[C@@H](C)C1. The van der Waals surface area contributed by atoms with E-state index in [1.807, 2.05) is 20.8 Å². The lowest BCUT2D eigenvalue weighted by Crippen LogP contribution is -2.46. The normalized spacial score (nSPS) is 25.2. The molecule has 0 radical (unpaired) electrons. The van der Waals surface area contributed by atoms with Crippen LogP contribution in [0.1, 0.15) is 39.2 Å². The predicted molar refractivity (Wildman–Crippen MR) is 91.3 cm³/mol. The van der Waals surface area contributed by atoms with E-state index >= 15 is 0 Å². The summed E-state index contributed by atoms with van der Waals surface area (Å²) in [6, 6.07) is 3.10. The van der Waals surface area contributed by atoms with Gasteiger partial charge in [-0.15, -0.1) is 0 Å². The molecule has 0 aliphatic carbocycles. The average Bonchev–Trinajstić information content (AvgIpc) is 2.50. The van der Waals surface area contributed by atoms with Crippen LogP contribution in [0.2, 0.25) is 0 Å². The van der Waals surface area contributed by atoms with Crippen molar-refractivity contribution < 1.29 is 27.9 Å². The zero-order chi connectivity index (χ0) is 18.8. The topological polar surface area (TPSA) is 41.9 Å². The van der Waals surface area contributed by atoms with E-state index in [2.05, 4.69) is 12.6 Å². The van der Waals surface area contributed by atoms with Crippen molar-refractivity contribution in [3.63, 3.8) is 0 Å². The molecule has 0 bridgehead atoms. The van der Waals surface area contributed by atoms with Crippen LogP contribution in [0.5, 0.6) is 11.5 Å². The molecular formula is C17H24F3NO3S. The van der Waals surface area contributed by atoms with Crippen molar-refractivity contribution in [2.75, 3.05) is 6.61 Å². The van der Waals surface area contributed by atoms with Crippen molar-refractivity contribution in [1.82, 2.24) is 5.06 Å². The molecule has 0 saturated carbocycles. The maximum atomic E-state index is 13.0. The summed E-state index contributed by atoms with van der Waals surface area (Å²) in [5.74, 6) is 0.526. The Bertz CT molecular complexity index is 571. The van der Waals surface area contributed by atoms with Crippen LogP contribution in [0.4, 0.5) is 13.2 Å². The molecule has 0 aromatic heterocycles. The van der Waals surface area contributed by atoms with Crippen molar-refractivity contribution in [2.45, 2.75) is 57.3 Å². The lowest BCUT2D eigenvalue weighted by atomic mass is 10.0. The Kier molecular flexibility index (Phi) is 6.51. The van der Waals surface area contributed by atoms with E-state index < -0.39 is 11.7 Å². The van der Waals surface area contributed by atoms with E-state index in [1.165, 1.54) is 6.07 Å². The Morgan fingerprint density at radius 3 is 2.52 bits per heavy atom. The number of hydrogen-bond acceptors (Lipinski definition) is 5. The van der Waals surface area contributed by atoms with Crippen molar-refractivity contribution >= 4 is 12.6 Å². The minimum atomic E-state index is -4.44. The highest BCUT2D eigenvalue weighted by atomic mass is 32.1. The first kappa shape index (κ1) is 20.2. The Hall–Kier alpha value is -1.12. The fraction of sp³-hybridized carbons (Fsp3) is 0.647. The van der Waals surface area contributed by atoms with Crippen LogP contribution in [0, 0.1) is 5.92 Å². The Morgan fingerprint density at radius 2 is 1.96 bits per heavy atom. The van der Waals surface area contributed by atoms with Gasteiger partial charge in [0.05, 0.1) is 17.5 Å². The number of thiol groups is 1. The van der Waals surface area contributed by atoms with Gasteiger partial charge in [-0.05, 0) is 31.0 Å². The Balaban J connectivity index is 2.20. The number of hydrogen-bond donors (Lipinski definition) is 2. The molecule has 8 heteroatoms. The molecule has 1 N–H and O–H groups in total. The standard InChI is InChI=1S/C17H24F3NO3S/c1-10(2)9-23-15-7-12(17(18,19)20)4-5-14(15)24-13-6-11(3)21(22)16(25)8-13/h4-5,7,10-11,13,16,22,25H,6,8-9H2,1-3H3/t11-,13+,16+/m0/s1. The fourth-order valence-electron chi connectivity index (χ4n) is 2.65.